The number of likely N-dealkylation sites (tertiary alicyclic amines) is 1. The quantitative estimate of drug-likeness (QED) is 0.588. The minimum Gasteiger partial charge on any atom is -0.341 e. The average molecular weight is 289 g/mol. The molecule has 4 heteroatoms. The first kappa shape index (κ1) is 13.5. The van der Waals surface area contributed by atoms with Crippen molar-refractivity contribution in [3.8, 4) is 11.8 Å². The third-order valence-corrected chi connectivity index (χ3v) is 4.32. The van der Waals surface area contributed by atoms with Crippen LogP contribution >= 0.6 is 11.6 Å². The lowest BCUT2D eigenvalue weighted by Gasteiger charge is -2.21. The monoisotopic (exact) mass is 288 g/mol. The van der Waals surface area contributed by atoms with E-state index in [1.807, 2.05) is 30.9 Å². The molecule has 2 unspecified atom stereocenters. The molecule has 1 amide bonds. The summed E-state index contributed by atoms with van der Waals surface area (Å²) in [5, 5.41) is 0.463. The second kappa shape index (κ2) is 4.79. The Bertz CT molecular complexity index is 616. The number of hydrogen-bond donors (Lipinski definition) is 0. The van der Waals surface area contributed by atoms with E-state index in [9.17, 15) is 4.79 Å². The highest BCUT2D eigenvalue weighted by molar-refractivity contribution is 6.29. The van der Waals surface area contributed by atoms with Crippen molar-refractivity contribution in [1.82, 2.24) is 9.88 Å². The molecule has 0 radical (unpaired) electrons. The van der Waals surface area contributed by atoms with E-state index in [4.69, 9.17) is 11.6 Å². The van der Waals surface area contributed by atoms with Crippen LogP contribution in [-0.4, -0.2) is 28.9 Å². The maximum absolute atomic E-state index is 12.0. The SMILES string of the molecule is CC(C)C(=O)N1CC2CC2(C#Cc2cccc(Cl)n2)C1. The van der Waals surface area contributed by atoms with Crippen LogP contribution in [0.25, 0.3) is 0 Å². The highest BCUT2D eigenvalue weighted by Crippen LogP contribution is 2.57. The summed E-state index contributed by atoms with van der Waals surface area (Å²) < 4.78 is 0. The fourth-order valence-electron chi connectivity index (χ4n) is 2.88. The van der Waals surface area contributed by atoms with E-state index >= 15 is 0 Å². The first-order valence-corrected chi connectivity index (χ1v) is 7.32. The van der Waals surface area contributed by atoms with Gasteiger partial charge in [0.05, 0.1) is 5.41 Å². The third-order valence-electron chi connectivity index (χ3n) is 4.11. The van der Waals surface area contributed by atoms with Gasteiger partial charge in [-0.25, -0.2) is 4.98 Å². The largest absolute Gasteiger partial charge is 0.341 e. The maximum atomic E-state index is 12.0. The van der Waals surface area contributed by atoms with Crippen LogP contribution in [0, 0.1) is 29.1 Å². The van der Waals surface area contributed by atoms with Gasteiger partial charge in [-0.05, 0) is 30.4 Å². The molecule has 0 spiro atoms. The Hall–Kier alpha value is -1.53. The van der Waals surface area contributed by atoms with E-state index in [1.54, 1.807) is 6.07 Å². The number of fused-ring (bicyclic) bond motifs is 1. The second-order valence-corrected chi connectivity index (χ2v) is 6.41. The average Bonchev–Trinajstić information content (AvgIpc) is 2.97. The fourth-order valence-corrected chi connectivity index (χ4v) is 3.04. The molecule has 1 aliphatic carbocycles. The van der Waals surface area contributed by atoms with Crippen molar-refractivity contribution in [2.45, 2.75) is 20.3 Å². The minimum atomic E-state index is 0.00848. The summed E-state index contributed by atoms with van der Waals surface area (Å²) in [7, 11) is 0. The van der Waals surface area contributed by atoms with Crippen LogP contribution in [0.2, 0.25) is 5.15 Å². The lowest BCUT2D eigenvalue weighted by Crippen LogP contribution is -2.34. The van der Waals surface area contributed by atoms with Crippen LogP contribution in [0.5, 0.6) is 0 Å². The van der Waals surface area contributed by atoms with Crippen molar-refractivity contribution in [3.63, 3.8) is 0 Å². The number of carbonyl (C=O) groups excluding carboxylic acids is 1. The number of nitrogens with zero attached hydrogens (tertiary/aromatic N) is 2. The third kappa shape index (κ3) is 2.41. The van der Waals surface area contributed by atoms with Crippen LogP contribution in [0.3, 0.4) is 0 Å². The summed E-state index contributed by atoms with van der Waals surface area (Å²) >= 11 is 5.85. The molecular weight excluding hydrogens is 272 g/mol. The van der Waals surface area contributed by atoms with Gasteiger partial charge in [0.1, 0.15) is 10.8 Å². The number of pyridine rings is 1. The molecule has 1 aromatic rings. The Balaban J connectivity index is 1.73. The van der Waals surface area contributed by atoms with Gasteiger partial charge in [-0.2, -0.15) is 0 Å². The summed E-state index contributed by atoms with van der Waals surface area (Å²) in [5.74, 6) is 7.29. The fraction of sp³-hybridized carbons (Fsp3) is 0.500. The Labute approximate surface area is 124 Å². The molecule has 2 heterocycles. The van der Waals surface area contributed by atoms with Crippen molar-refractivity contribution in [3.05, 3.63) is 29.0 Å². The molecule has 104 valence electrons. The molecular formula is C16H17ClN2O. The van der Waals surface area contributed by atoms with Gasteiger partial charge in [0.15, 0.2) is 0 Å². The predicted molar refractivity (Wildman–Crippen MR) is 78.1 cm³/mol. The molecule has 1 saturated carbocycles. The number of rotatable bonds is 1. The van der Waals surface area contributed by atoms with Gasteiger partial charge in [0.25, 0.3) is 0 Å². The van der Waals surface area contributed by atoms with Gasteiger partial charge in [0, 0.05) is 19.0 Å². The molecule has 2 fully saturated rings. The lowest BCUT2D eigenvalue weighted by atomic mass is 10.1. The lowest BCUT2D eigenvalue weighted by molar-refractivity contribution is -0.134. The molecule has 0 N–H and O–H groups in total. The van der Waals surface area contributed by atoms with E-state index in [2.05, 4.69) is 16.8 Å². The molecule has 1 aliphatic heterocycles. The van der Waals surface area contributed by atoms with Crippen LogP contribution in [0.15, 0.2) is 18.2 Å². The maximum Gasteiger partial charge on any atom is 0.225 e. The van der Waals surface area contributed by atoms with Crippen LogP contribution < -0.4 is 0 Å². The Morgan fingerprint density at radius 3 is 3.05 bits per heavy atom. The first-order chi connectivity index (χ1) is 9.50. The Morgan fingerprint density at radius 1 is 1.55 bits per heavy atom. The van der Waals surface area contributed by atoms with E-state index in [1.165, 1.54) is 0 Å². The van der Waals surface area contributed by atoms with Gasteiger partial charge in [-0.1, -0.05) is 37.4 Å². The number of piperidine rings is 1. The predicted octanol–water partition coefficient (Wildman–Crippen LogP) is 2.59. The van der Waals surface area contributed by atoms with Gasteiger partial charge in [-0.15, -0.1) is 0 Å². The van der Waals surface area contributed by atoms with Gasteiger partial charge in [-0.3, -0.25) is 4.79 Å². The van der Waals surface area contributed by atoms with Crippen molar-refractivity contribution in [1.29, 1.82) is 0 Å². The standard InChI is InChI=1S/C16H17ClN2O/c1-11(2)15(20)19-9-12-8-16(12,10-19)7-6-13-4-3-5-14(17)18-13/h3-5,11-12H,8-10H2,1-2H3. The van der Waals surface area contributed by atoms with E-state index < -0.39 is 0 Å². The van der Waals surface area contributed by atoms with E-state index in [-0.39, 0.29) is 17.2 Å². The minimum absolute atomic E-state index is 0.00848. The number of amides is 1. The molecule has 20 heavy (non-hydrogen) atoms. The molecule has 1 aromatic heterocycles. The van der Waals surface area contributed by atoms with Crippen LogP contribution in [-0.2, 0) is 4.79 Å². The smallest absolute Gasteiger partial charge is 0.225 e. The highest BCUT2D eigenvalue weighted by atomic mass is 35.5. The summed E-state index contributed by atoms with van der Waals surface area (Å²) in [6.07, 6.45) is 1.10. The van der Waals surface area contributed by atoms with Crippen molar-refractivity contribution in [2.24, 2.45) is 17.3 Å². The van der Waals surface area contributed by atoms with Crippen LogP contribution in [0.1, 0.15) is 26.0 Å². The molecule has 3 nitrogen and oxygen atoms in total. The zero-order chi connectivity index (χ0) is 14.3. The molecule has 1 saturated heterocycles. The summed E-state index contributed by atoms with van der Waals surface area (Å²) in [6, 6.07) is 5.45. The summed E-state index contributed by atoms with van der Waals surface area (Å²) in [6.45, 7) is 5.51. The zero-order valence-electron chi connectivity index (χ0n) is 11.7. The van der Waals surface area contributed by atoms with Crippen LogP contribution in [0.4, 0.5) is 0 Å². The number of halogens is 1. The molecule has 2 aliphatic rings. The topological polar surface area (TPSA) is 33.2 Å². The Kier molecular flexibility index (Phi) is 3.22. The highest BCUT2D eigenvalue weighted by Gasteiger charge is 2.60. The van der Waals surface area contributed by atoms with Gasteiger partial charge in [0.2, 0.25) is 5.91 Å². The molecule has 0 bridgehead atoms. The van der Waals surface area contributed by atoms with Crippen molar-refractivity contribution < 1.29 is 4.79 Å². The van der Waals surface area contributed by atoms with Crippen molar-refractivity contribution >= 4 is 17.5 Å². The molecule has 0 aromatic carbocycles. The summed E-state index contributed by atoms with van der Waals surface area (Å²) in [5.41, 5.74) is 0.709. The number of aromatic nitrogens is 1. The molecule has 2 atom stereocenters. The summed E-state index contributed by atoms with van der Waals surface area (Å²) in [4.78, 5) is 18.2. The van der Waals surface area contributed by atoms with E-state index in [0.29, 0.717) is 16.8 Å². The number of carbonyl (C=O) groups is 1. The number of hydrogen-bond acceptors (Lipinski definition) is 2. The normalized spacial score (nSPS) is 27.0. The molecule has 3 rings (SSSR count). The van der Waals surface area contributed by atoms with Gasteiger partial charge < -0.3 is 4.90 Å². The van der Waals surface area contributed by atoms with E-state index in [0.717, 1.165) is 19.5 Å². The van der Waals surface area contributed by atoms with Crippen molar-refractivity contribution in [2.75, 3.05) is 13.1 Å². The first-order valence-electron chi connectivity index (χ1n) is 6.95. The van der Waals surface area contributed by atoms with Gasteiger partial charge >= 0.3 is 0 Å². The second-order valence-electron chi connectivity index (χ2n) is 6.03. The zero-order valence-corrected chi connectivity index (χ0v) is 12.4. The Morgan fingerprint density at radius 2 is 2.35 bits per heavy atom.